The fourth-order valence-corrected chi connectivity index (χ4v) is 3.19. The molecular formula is C15H21ClN6O2S. The fraction of sp³-hybridized carbons (Fsp3) is 0.600. The average Bonchev–Trinajstić information content (AvgIpc) is 3.05. The van der Waals surface area contributed by atoms with E-state index in [9.17, 15) is 4.79 Å². The highest BCUT2D eigenvalue weighted by Crippen LogP contribution is 2.26. The van der Waals surface area contributed by atoms with Gasteiger partial charge in [0.15, 0.2) is 10.8 Å². The van der Waals surface area contributed by atoms with Crippen molar-refractivity contribution in [3.8, 4) is 0 Å². The van der Waals surface area contributed by atoms with E-state index >= 15 is 0 Å². The van der Waals surface area contributed by atoms with Crippen LogP contribution in [-0.2, 0) is 16.1 Å². The van der Waals surface area contributed by atoms with Crippen LogP contribution in [0.4, 0.5) is 5.82 Å². The molecule has 2 aromatic rings. The van der Waals surface area contributed by atoms with Crippen LogP contribution in [0.2, 0.25) is 0 Å². The van der Waals surface area contributed by atoms with Crippen molar-refractivity contribution < 1.29 is 9.53 Å². The number of fused-ring (bicyclic) bond motifs is 1. The number of ether oxygens (including phenoxy) is 1. The lowest BCUT2D eigenvalue weighted by Gasteiger charge is -2.28. The van der Waals surface area contributed by atoms with Gasteiger partial charge in [0.25, 0.3) is 0 Å². The topological polar surface area (TPSA) is 85.2 Å². The molecule has 1 saturated heterocycles. The van der Waals surface area contributed by atoms with Gasteiger partial charge in [0, 0.05) is 31.9 Å². The van der Waals surface area contributed by atoms with Crippen LogP contribution in [0.1, 0.15) is 6.42 Å². The Morgan fingerprint density at radius 2 is 2.20 bits per heavy atom. The lowest BCUT2D eigenvalue weighted by Crippen LogP contribution is -2.37. The predicted octanol–water partition coefficient (Wildman–Crippen LogP) is 1.13. The Hall–Kier alpha value is -1.58. The van der Waals surface area contributed by atoms with Gasteiger partial charge < -0.3 is 15.0 Å². The molecule has 0 aromatic carbocycles. The summed E-state index contributed by atoms with van der Waals surface area (Å²) in [6.45, 7) is 4.03. The molecule has 1 aliphatic rings. The van der Waals surface area contributed by atoms with Gasteiger partial charge in [-0.3, -0.25) is 4.79 Å². The van der Waals surface area contributed by atoms with E-state index in [1.807, 2.05) is 10.9 Å². The quantitative estimate of drug-likeness (QED) is 0.435. The molecule has 3 rings (SSSR count). The monoisotopic (exact) mass is 384 g/mol. The third-order valence-electron chi connectivity index (χ3n) is 3.92. The van der Waals surface area contributed by atoms with Crippen LogP contribution in [0, 0.1) is 0 Å². The normalized spacial score (nSPS) is 14.9. The second-order valence-corrected chi connectivity index (χ2v) is 6.68. The zero-order valence-electron chi connectivity index (χ0n) is 14.1. The number of hydrogen-bond acceptors (Lipinski definition) is 7. The van der Waals surface area contributed by atoms with Gasteiger partial charge >= 0.3 is 0 Å². The zero-order chi connectivity index (χ0) is 17.6. The van der Waals surface area contributed by atoms with Crippen molar-refractivity contribution in [2.75, 3.05) is 49.9 Å². The number of carbonyl (C=O) groups excluding carboxylic acids is 1. The fourth-order valence-electron chi connectivity index (χ4n) is 2.67. The van der Waals surface area contributed by atoms with E-state index in [0.717, 1.165) is 29.9 Å². The minimum Gasteiger partial charge on any atom is -0.378 e. The van der Waals surface area contributed by atoms with Crippen molar-refractivity contribution in [2.24, 2.45) is 0 Å². The van der Waals surface area contributed by atoms with Crippen LogP contribution in [0.5, 0.6) is 0 Å². The van der Waals surface area contributed by atoms with Gasteiger partial charge in [-0.2, -0.15) is 5.10 Å². The number of anilines is 1. The summed E-state index contributed by atoms with van der Waals surface area (Å²) >= 11 is 7.07. The standard InChI is InChI=1S/C15H21ClN6O2S/c1-25-15-19-13(21-6-8-24-9-7-21)11-10-18-22(14(11)20-15)5-4-17-12(23)2-3-16/h10H,2-9H2,1H3,(H,17,23). The molecule has 0 bridgehead atoms. The van der Waals surface area contributed by atoms with Crippen molar-refractivity contribution in [1.82, 2.24) is 25.1 Å². The smallest absolute Gasteiger partial charge is 0.221 e. The molecule has 1 aliphatic heterocycles. The maximum absolute atomic E-state index is 11.5. The Bertz CT molecular complexity index is 734. The highest BCUT2D eigenvalue weighted by Gasteiger charge is 2.19. The maximum atomic E-state index is 11.5. The molecule has 3 heterocycles. The van der Waals surface area contributed by atoms with E-state index in [4.69, 9.17) is 16.3 Å². The van der Waals surface area contributed by atoms with Crippen LogP contribution in [0.25, 0.3) is 11.0 Å². The number of nitrogens with zero attached hydrogens (tertiary/aromatic N) is 5. The molecular weight excluding hydrogens is 364 g/mol. The largest absolute Gasteiger partial charge is 0.378 e. The number of amides is 1. The van der Waals surface area contributed by atoms with Crippen LogP contribution < -0.4 is 10.2 Å². The first-order valence-corrected chi connectivity index (χ1v) is 9.91. The first-order chi connectivity index (χ1) is 12.2. The number of carbonyl (C=O) groups is 1. The number of alkyl halides is 1. The van der Waals surface area contributed by atoms with Gasteiger partial charge in [-0.25, -0.2) is 14.6 Å². The second-order valence-electron chi connectivity index (χ2n) is 5.53. The molecule has 0 unspecified atom stereocenters. The van der Waals surface area contributed by atoms with Gasteiger partial charge in [0.1, 0.15) is 5.82 Å². The predicted molar refractivity (Wildman–Crippen MR) is 98.5 cm³/mol. The third kappa shape index (κ3) is 4.34. The lowest BCUT2D eigenvalue weighted by molar-refractivity contribution is -0.120. The van der Waals surface area contributed by atoms with Crippen molar-refractivity contribution in [3.05, 3.63) is 6.20 Å². The van der Waals surface area contributed by atoms with Gasteiger partial charge in [0.2, 0.25) is 5.91 Å². The molecule has 0 atom stereocenters. The van der Waals surface area contributed by atoms with Crippen molar-refractivity contribution in [1.29, 1.82) is 0 Å². The third-order valence-corrected chi connectivity index (χ3v) is 4.65. The number of rotatable bonds is 7. The molecule has 0 aliphatic carbocycles. The summed E-state index contributed by atoms with van der Waals surface area (Å²) < 4.78 is 7.24. The van der Waals surface area contributed by atoms with Crippen LogP contribution >= 0.6 is 23.4 Å². The Morgan fingerprint density at radius 1 is 1.40 bits per heavy atom. The molecule has 0 radical (unpaired) electrons. The number of aromatic nitrogens is 4. The van der Waals surface area contributed by atoms with E-state index in [0.29, 0.717) is 43.8 Å². The Morgan fingerprint density at radius 3 is 2.92 bits per heavy atom. The molecule has 0 spiro atoms. The van der Waals surface area contributed by atoms with E-state index in [1.165, 1.54) is 11.8 Å². The Labute approximate surface area is 155 Å². The molecule has 10 heteroatoms. The first-order valence-electron chi connectivity index (χ1n) is 8.16. The van der Waals surface area contributed by atoms with Crippen LogP contribution in [-0.4, -0.2) is 70.6 Å². The highest BCUT2D eigenvalue weighted by molar-refractivity contribution is 7.98. The molecule has 136 valence electrons. The van der Waals surface area contributed by atoms with Crippen molar-refractivity contribution in [3.63, 3.8) is 0 Å². The summed E-state index contributed by atoms with van der Waals surface area (Å²) in [5.41, 5.74) is 0.785. The molecule has 0 saturated carbocycles. The van der Waals surface area contributed by atoms with E-state index < -0.39 is 0 Å². The van der Waals surface area contributed by atoms with Crippen LogP contribution in [0.3, 0.4) is 0 Å². The first kappa shape index (κ1) is 18.2. The SMILES string of the molecule is CSc1nc(N2CCOCC2)c2cnn(CCNC(=O)CCCl)c2n1. The minimum atomic E-state index is -0.0557. The minimum absolute atomic E-state index is 0.0557. The zero-order valence-corrected chi connectivity index (χ0v) is 15.6. The summed E-state index contributed by atoms with van der Waals surface area (Å²) in [5, 5.41) is 8.91. The lowest BCUT2D eigenvalue weighted by atomic mass is 10.3. The van der Waals surface area contributed by atoms with Crippen molar-refractivity contribution >= 4 is 46.1 Å². The Balaban J connectivity index is 1.82. The molecule has 1 amide bonds. The molecule has 1 fully saturated rings. The van der Waals surface area contributed by atoms with Crippen LogP contribution in [0.15, 0.2) is 11.4 Å². The molecule has 2 aromatic heterocycles. The summed E-state index contributed by atoms with van der Waals surface area (Å²) in [5.74, 6) is 1.17. The number of morpholine rings is 1. The summed E-state index contributed by atoms with van der Waals surface area (Å²) in [7, 11) is 0. The average molecular weight is 385 g/mol. The number of hydrogen-bond donors (Lipinski definition) is 1. The number of halogens is 1. The summed E-state index contributed by atoms with van der Waals surface area (Å²) in [4.78, 5) is 23.0. The van der Waals surface area contributed by atoms with E-state index in [-0.39, 0.29) is 5.91 Å². The molecule has 8 nitrogen and oxygen atoms in total. The van der Waals surface area contributed by atoms with E-state index in [1.54, 1.807) is 6.20 Å². The Kier molecular flexibility index (Phi) is 6.33. The van der Waals surface area contributed by atoms with E-state index in [2.05, 4.69) is 25.3 Å². The maximum Gasteiger partial charge on any atom is 0.221 e. The van der Waals surface area contributed by atoms with Gasteiger partial charge in [-0.1, -0.05) is 11.8 Å². The summed E-state index contributed by atoms with van der Waals surface area (Å²) in [6.07, 6.45) is 4.07. The number of thioether (sulfide) groups is 1. The van der Waals surface area contributed by atoms with Gasteiger partial charge in [-0.15, -0.1) is 11.6 Å². The molecule has 1 N–H and O–H groups in total. The highest BCUT2D eigenvalue weighted by atomic mass is 35.5. The summed E-state index contributed by atoms with van der Waals surface area (Å²) in [6, 6.07) is 0. The number of nitrogens with one attached hydrogen (secondary N) is 1. The van der Waals surface area contributed by atoms with Gasteiger partial charge in [-0.05, 0) is 6.26 Å². The van der Waals surface area contributed by atoms with Crippen molar-refractivity contribution in [2.45, 2.75) is 18.1 Å². The van der Waals surface area contributed by atoms with Gasteiger partial charge in [0.05, 0.1) is 31.3 Å². The molecule has 25 heavy (non-hydrogen) atoms. The second kappa shape index (κ2) is 8.68.